The van der Waals surface area contributed by atoms with Gasteiger partial charge >= 0.3 is 0 Å². The first-order valence-corrected chi connectivity index (χ1v) is 7.50. The van der Waals surface area contributed by atoms with Gasteiger partial charge in [0.05, 0.1) is 4.92 Å². The molecule has 1 atom stereocenters. The number of nitro groups is 1. The van der Waals surface area contributed by atoms with Gasteiger partial charge in [0, 0.05) is 22.9 Å². The first-order chi connectivity index (χ1) is 8.99. The van der Waals surface area contributed by atoms with Crippen molar-refractivity contribution in [3.63, 3.8) is 0 Å². The number of rotatable bonds is 6. The molecule has 0 saturated carbocycles. The van der Waals surface area contributed by atoms with E-state index in [1.54, 1.807) is 11.8 Å². The van der Waals surface area contributed by atoms with Gasteiger partial charge in [-0.05, 0) is 24.8 Å². The van der Waals surface area contributed by atoms with Gasteiger partial charge in [-0.15, -0.1) is 0 Å². The molecule has 0 heterocycles. The lowest BCUT2D eigenvalue weighted by Crippen LogP contribution is -2.36. The molecule has 0 saturated heterocycles. The second kappa shape index (κ2) is 7.35. The predicted octanol–water partition coefficient (Wildman–Crippen LogP) is 3.12. The fraction of sp³-hybridized carbons (Fsp3) is 0.417. The van der Waals surface area contributed by atoms with E-state index in [0.29, 0.717) is 5.02 Å². The van der Waals surface area contributed by atoms with Gasteiger partial charge in [0.15, 0.2) is 0 Å². The summed E-state index contributed by atoms with van der Waals surface area (Å²) < 4.78 is 0. The van der Waals surface area contributed by atoms with Crippen LogP contribution in [-0.2, 0) is 0 Å². The molecule has 0 radical (unpaired) electrons. The maximum Gasteiger partial charge on any atom is 0.282 e. The number of carbonyl (C=O) groups is 1. The van der Waals surface area contributed by atoms with E-state index in [1.165, 1.54) is 18.2 Å². The lowest BCUT2D eigenvalue weighted by atomic mass is 10.1. The van der Waals surface area contributed by atoms with Crippen LogP contribution in [0.2, 0.25) is 5.02 Å². The predicted molar refractivity (Wildman–Crippen MR) is 78.0 cm³/mol. The summed E-state index contributed by atoms with van der Waals surface area (Å²) in [6, 6.07) is 3.95. The summed E-state index contributed by atoms with van der Waals surface area (Å²) in [7, 11) is 0. The smallest absolute Gasteiger partial charge is 0.282 e. The average Bonchev–Trinajstić information content (AvgIpc) is 2.37. The molecule has 19 heavy (non-hydrogen) atoms. The monoisotopic (exact) mass is 302 g/mol. The number of amides is 1. The molecular weight excluding hydrogens is 288 g/mol. The highest BCUT2D eigenvalue weighted by Gasteiger charge is 2.22. The molecule has 0 aromatic heterocycles. The van der Waals surface area contributed by atoms with E-state index < -0.39 is 10.8 Å². The number of nitrogens with one attached hydrogen (secondary N) is 1. The Morgan fingerprint density at radius 1 is 1.58 bits per heavy atom. The number of thioether (sulfide) groups is 1. The molecule has 1 amide bonds. The number of nitrogens with zero attached hydrogens (tertiary/aromatic N) is 1. The molecule has 1 aromatic rings. The standard InChI is InChI=1S/C12H15ClN2O3S/c1-3-9(7-19-2)14-12(16)10-6-8(13)4-5-11(10)15(17)18/h4-6,9H,3,7H2,1-2H3,(H,14,16). The maximum atomic E-state index is 12.1. The number of halogens is 1. The molecule has 0 bridgehead atoms. The Kier molecular flexibility index (Phi) is 6.11. The van der Waals surface area contributed by atoms with E-state index in [9.17, 15) is 14.9 Å². The third kappa shape index (κ3) is 4.40. The Bertz CT molecular complexity index is 482. The molecule has 5 nitrogen and oxygen atoms in total. The highest BCUT2D eigenvalue weighted by molar-refractivity contribution is 7.98. The molecule has 0 aliphatic carbocycles. The summed E-state index contributed by atoms with van der Waals surface area (Å²) in [5.41, 5.74) is -0.238. The zero-order valence-corrected chi connectivity index (χ0v) is 12.3. The Morgan fingerprint density at radius 2 is 2.26 bits per heavy atom. The SMILES string of the molecule is CCC(CSC)NC(=O)c1cc(Cl)ccc1[N+](=O)[O-]. The van der Waals surface area contributed by atoms with Crippen molar-refractivity contribution >= 4 is 35.0 Å². The number of nitro benzene ring substituents is 1. The summed E-state index contributed by atoms with van der Waals surface area (Å²) in [6.07, 6.45) is 2.71. The minimum Gasteiger partial charge on any atom is -0.348 e. The summed E-state index contributed by atoms with van der Waals surface area (Å²) in [4.78, 5) is 22.4. The average molecular weight is 303 g/mol. The minimum absolute atomic E-state index is 0.00273. The van der Waals surface area contributed by atoms with E-state index in [4.69, 9.17) is 11.6 Å². The lowest BCUT2D eigenvalue weighted by Gasteiger charge is -2.15. The molecule has 104 valence electrons. The van der Waals surface area contributed by atoms with Crippen LogP contribution in [-0.4, -0.2) is 28.9 Å². The second-order valence-electron chi connectivity index (χ2n) is 3.95. The van der Waals surface area contributed by atoms with Crippen molar-refractivity contribution in [3.8, 4) is 0 Å². The van der Waals surface area contributed by atoms with Gasteiger partial charge < -0.3 is 5.32 Å². The molecular formula is C12H15ClN2O3S. The van der Waals surface area contributed by atoms with Crippen molar-refractivity contribution in [2.45, 2.75) is 19.4 Å². The van der Waals surface area contributed by atoms with E-state index in [2.05, 4.69) is 5.32 Å². The molecule has 0 spiro atoms. The fourth-order valence-corrected chi connectivity index (χ4v) is 2.47. The van der Waals surface area contributed by atoms with E-state index in [-0.39, 0.29) is 17.3 Å². The molecule has 0 aliphatic rings. The van der Waals surface area contributed by atoms with Crippen molar-refractivity contribution < 1.29 is 9.72 Å². The van der Waals surface area contributed by atoms with Crippen molar-refractivity contribution in [2.75, 3.05) is 12.0 Å². The Balaban J connectivity index is 2.98. The molecule has 0 fully saturated rings. The quantitative estimate of drug-likeness (QED) is 0.647. The van der Waals surface area contributed by atoms with Gasteiger partial charge in [0.25, 0.3) is 11.6 Å². The minimum atomic E-state index is -0.583. The van der Waals surface area contributed by atoms with Crippen LogP contribution in [0.1, 0.15) is 23.7 Å². The van der Waals surface area contributed by atoms with E-state index in [1.807, 2.05) is 13.2 Å². The third-order valence-corrected chi connectivity index (χ3v) is 3.57. The number of hydrogen-bond acceptors (Lipinski definition) is 4. The molecule has 7 heteroatoms. The lowest BCUT2D eigenvalue weighted by molar-refractivity contribution is -0.385. The topological polar surface area (TPSA) is 72.2 Å². The van der Waals surface area contributed by atoms with Crippen molar-refractivity contribution in [2.24, 2.45) is 0 Å². The van der Waals surface area contributed by atoms with Crippen molar-refractivity contribution in [1.82, 2.24) is 5.32 Å². The van der Waals surface area contributed by atoms with Gasteiger partial charge in [-0.2, -0.15) is 11.8 Å². The van der Waals surface area contributed by atoms with Crippen molar-refractivity contribution in [3.05, 3.63) is 38.9 Å². The van der Waals surface area contributed by atoms with E-state index >= 15 is 0 Å². The highest BCUT2D eigenvalue weighted by Crippen LogP contribution is 2.22. The normalized spacial score (nSPS) is 11.9. The Hall–Kier alpha value is -1.27. The van der Waals surface area contributed by atoms with Crippen LogP contribution >= 0.6 is 23.4 Å². The molecule has 1 aromatic carbocycles. The van der Waals surface area contributed by atoms with Crippen LogP contribution in [0.15, 0.2) is 18.2 Å². The van der Waals surface area contributed by atoms with Gasteiger partial charge in [-0.3, -0.25) is 14.9 Å². The number of carbonyl (C=O) groups excluding carboxylic acids is 1. The maximum absolute atomic E-state index is 12.1. The highest BCUT2D eigenvalue weighted by atomic mass is 35.5. The fourth-order valence-electron chi connectivity index (χ4n) is 1.58. The van der Waals surface area contributed by atoms with Gasteiger partial charge in [-0.1, -0.05) is 18.5 Å². The molecule has 1 N–H and O–H groups in total. The van der Waals surface area contributed by atoms with Gasteiger partial charge in [0.2, 0.25) is 0 Å². The summed E-state index contributed by atoms with van der Waals surface area (Å²) in [5.74, 6) is 0.298. The summed E-state index contributed by atoms with van der Waals surface area (Å²) >= 11 is 7.40. The van der Waals surface area contributed by atoms with Crippen molar-refractivity contribution in [1.29, 1.82) is 0 Å². The largest absolute Gasteiger partial charge is 0.348 e. The van der Waals surface area contributed by atoms with Crippen LogP contribution in [0, 0.1) is 10.1 Å². The van der Waals surface area contributed by atoms with Crippen LogP contribution in [0.5, 0.6) is 0 Å². The van der Waals surface area contributed by atoms with Crippen LogP contribution < -0.4 is 5.32 Å². The molecule has 0 aliphatic heterocycles. The molecule has 1 unspecified atom stereocenters. The second-order valence-corrected chi connectivity index (χ2v) is 5.30. The number of benzene rings is 1. The summed E-state index contributed by atoms with van der Waals surface area (Å²) in [5, 5.41) is 14.0. The van der Waals surface area contributed by atoms with Crippen LogP contribution in [0.4, 0.5) is 5.69 Å². The van der Waals surface area contributed by atoms with Crippen LogP contribution in [0.25, 0.3) is 0 Å². The first-order valence-electron chi connectivity index (χ1n) is 5.73. The third-order valence-electron chi connectivity index (χ3n) is 2.60. The molecule has 1 rings (SSSR count). The zero-order chi connectivity index (χ0) is 14.4. The zero-order valence-electron chi connectivity index (χ0n) is 10.7. The van der Waals surface area contributed by atoms with Gasteiger partial charge in [-0.25, -0.2) is 0 Å². The number of hydrogen-bond donors (Lipinski definition) is 1. The van der Waals surface area contributed by atoms with E-state index in [0.717, 1.165) is 12.2 Å². The Labute approximate surface area is 120 Å². The van der Waals surface area contributed by atoms with Gasteiger partial charge in [0.1, 0.15) is 5.56 Å². The Morgan fingerprint density at radius 3 is 2.79 bits per heavy atom. The summed E-state index contributed by atoms with van der Waals surface area (Å²) in [6.45, 7) is 1.95. The van der Waals surface area contributed by atoms with Crippen LogP contribution in [0.3, 0.4) is 0 Å². The first kappa shape index (κ1) is 15.8.